The molecule has 1 N–H and O–H groups in total. The first-order valence-electron chi connectivity index (χ1n) is 9.51. The van der Waals surface area contributed by atoms with Gasteiger partial charge in [0.1, 0.15) is 16.3 Å². The lowest BCUT2D eigenvalue weighted by Gasteiger charge is -2.31. The van der Waals surface area contributed by atoms with Gasteiger partial charge in [0.15, 0.2) is 12.4 Å². The molecule has 2 aromatic rings. The van der Waals surface area contributed by atoms with Crippen LogP contribution in [0, 0.1) is 19.8 Å². The molecule has 0 radical (unpaired) electrons. The maximum atomic E-state index is 13.0. The number of piperidine rings is 1. The molecule has 0 saturated carbocycles. The summed E-state index contributed by atoms with van der Waals surface area (Å²) in [5.74, 6) is -0.741. The molecule has 31 heavy (non-hydrogen) atoms. The molecular weight excluding hydrogens is 439 g/mol. The maximum Gasteiger partial charge on any atom is 0.422 e. The van der Waals surface area contributed by atoms with Crippen molar-refractivity contribution in [3.8, 4) is 5.75 Å². The third-order valence-electron chi connectivity index (χ3n) is 4.85. The number of ether oxygens (including phenoxy) is 1. The normalized spacial score (nSPS) is 18.0. The van der Waals surface area contributed by atoms with Crippen LogP contribution in [0.4, 0.5) is 18.9 Å². The molecule has 8 nitrogen and oxygen atoms in total. The number of amides is 1. The Balaban J connectivity index is 1.63. The van der Waals surface area contributed by atoms with E-state index in [1.807, 2.05) is 0 Å². The molecule has 1 saturated heterocycles. The zero-order valence-corrected chi connectivity index (χ0v) is 17.7. The van der Waals surface area contributed by atoms with Crippen LogP contribution in [0.5, 0.6) is 5.75 Å². The zero-order chi connectivity index (χ0) is 22.8. The monoisotopic (exact) mass is 461 g/mol. The summed E-state index contributed by atoms with van der Waals surface area (Å²) in [5.41, 5.74) is 0.631. The number of carbonyl (C=O) groups excluding carboxylic acids is 1. The minimum absolute atomic E-state index is 0.00496. The van der Waals surface area contributed by atoms with E-state index in [-0.39, 0.29) is 41.1 Å². The molecule has 1 unspecified atom stereocenters. The third kappa shape index (κ3) is 5.56. The topological polar surface area (TPSA) is 102 Å². The summed E-state index contributed by atoms with van der Waals surface area (Å²) in [5, 5.41) is 6.36. The number of halogens is 3. The summed E-state index contributed by atoms with van der Waals surface area (Å²) >= 11 is 0. The Morgan fingerprint density at radius 1 is 1.29 bits per heavy atom. The van der Waals surface area contributed by atoms with Gasteiger partial charge in [0.2, 0.25) is 15.9 Å². The number of anilines is 1. The summed E-state index contributed by atoms with van der Waals surface area (Å²) in [4.78, 5) is 12.7. The molecule has 12 heteroatoms. The van der Waals surface area contributed by atoms with Crippen LogP contribution in [0.25, 0.3) is 0 Å². The van der Waals surface area contributed by atoms with Crippen molar-refractivity contribution in [3.63, 3.8) is 0 Å². The molecule has 1 aliphatic rings. The fourth-order valence-electron chi connectivity index (χ4n) is 3.39. The molecule has 3 rings (SSSR count). The lowest BCUT2D eigenvalue weighted by atomic mass is 9.99. The third-order valence-corrected chi connectivity index (χ3v) is 6.96. The number of sulfonamides is 1. The Morgan fingerprint density at radius 2 is 1.97 bits per heavy atom. The van der Waals surface area contributed by atoms with Gasteiger partial charge in [0, 0.05) is 18.8 Å². The summed E-state index contributed by atoms with van der Waals surface area (Å²) < 4.78 is 73.4. The molecule has 1 atom stereocenters. The number of aromatic nitrogens is 1. The van der Waals surface area contributed by atoms with Crippen molar-refractivity contribution >= 4 is 21.6 Å². The predicted molar refractivity (Wildman–Crippen MR) is 104 cm³/mol. The van der Waals surface area contributed by atoms with Gasteiger partial charge in [0.05, 0.1) is 5.92 Å². The smallest absolute Gasteiger partial charge is 0.422 e. The van der Waals surface area contributed by atoms with Crippen LogP contribution in [-0.4, -0.2) is 49.7 Å². The number of alkyl halides is 3. The number of aryl methyl sites for hydroxylation is 2. The minimum atomic E-state index is -4.44. The number of carbonyl (C=O) groups is 1. The number of hydrogen-bond donors (Lipinski definition) is 1. The van der Waals surface area contributed by atoms with E-state index in [2.05, 4.69) is 15.2 Å². The van der Waals surface area contributed by atoms with Gasteiger partial charge in [-0.15, -0.1) is 0 Å². The van der Waals surface area contributed by atoms with E-state index in [4.69, 9.17) is 4.52 Å². The number of rotatable bonds is 6. The van der Waals surface area contributed by atoms with E-state index >= 15 is 0 Å². The molecular formula is C19H22F3N3O5S. The van der Waals surface area contributed by atoms with Gasteiger partial charge in [-0.05, 0) is 51.0 Å². The fraction of sp³-hybridized carbons (Fsp3) is 0.474. The van der Waals surface area contributed by atoms with Gasteiger partial charge in [-0.3, -0.25) is 4.79 Å². The van der Waals surface area contributed by atoms with Crippen molar-refractivity contribution in [1.29, 1.82) is 0 Å². The predicted octanol–water partition coefficient (Wildman–Crippen LogP) is 3.27. The molecule has 170 valence electrons. The lowest BCUT2D eigenvalue weighted by Crippen LogP contribution is -2.43. The van der Waals surface area contributed by atoms with E-state index in [1.54, 1.807) is 6.92 Å². The van der Waals surface area contributed by atoms with Crippen molar-refractivity contribution in [2.75, 3.05) is 25.0 Å². The van der Waals surface area contributed by atoms with Gasteiger partial charge in [-0.25, -0.2) is 8.42 Å². The maximum absolute atomic E-state index is 13.0. The van der Waals surface area contributed by atoms with Crippen LogP contribution in [0.15, 0.2) is 33.7 Å². The van der Waals surface area contributed by atoms with Gasteiger partial charge in [-0.1, -0.05) is 5.16 Å². The molecule has 2 heterocycles. The second-order valence-corrected chi connectivity index (χ2v) is 9.15. The number of benzene rings is 1. The Morgan fingerprint density at radius 3 is 2.55 bits per heavy atom. The first-order chi connectivity index (χ1) is 14.5. The van der Waals surface area contributed by atoms with Crippen molar-refractivity contribution in [2.45, 2.75) is 37.8 Å². The van der Waals surface area contributed by atoms with Gasteiger partial charge in [0.25, 0.3) is 0 Å². The number of hydrogen-bond acceptors (Lipinski definition) is 6. The van der Waals surface area contributed by atoms with Crippen molar-refractivity contribution in [3.05, 3.63) is 35.7 Å². The van der Waals surface area contributed by atoms with Crippen LogP contribution >= 0.6 is 0 Å². The fourth-order valence-corrected chi connectivity index (χ4v) is 5.21. The standard InChI is InChI=1S/C19H22F3N3O5S/c1-12-17(13(2)30-24-12)31(27,28)25-9-3-4-14(10-25)18(26)23-15-5-7-16(8-6-15)29-11-19(20,21)22/h5-8,14H,3-4,9-11H2,1-2H3,(H,23,26). The molecule has 0 spiro atoms. The molecule has 1 fully saturated rings. The van der Waals surface area contributed by atoms with E-state index < -0.39 is 28.7 Å². The average molecular weight is 461 g/mol. The highest BCUT2D eigenvalue weighted by atomic mass is 32.2. The average Bonchev–Trinajstić information content (AvgIpc) is 3.06. The Labute approximate surface area is 177 Å². The quantitative estimate of drug-likeness (QED) is 0.709. The summed E-state index contributed by atoms with van der Waals surface area (Å²) in [6.07, 6.45) is -3.43. The highest BCUT2D eigenvalue weighted by molar-refractivity contribution is 7.89. The molecule has 1 aromatic heterocycles. The molecule has 0 bridgehead atoms. The SMILES string of the molecule is Cc1noc(C)c1S(=O)(=O)N1CCCC(C(=O)Nc2ccc(OCC(F)(F)F)cc2)C1. The zero-order valence-electron chi connectivity index (χ0n) is 16.9. The van der Waals surface area contributed by atoms with E-state index in [9.17, 15) is 26.4 Å². The van der Waals surface area contributed by atoms with E-state index in [0.29, 0.717) is 18.5 Å². The van der Waals surface area contributed by atoms with Crippen molar-refractivity contribution < 1.29 is 35.6 Å². The molecule has 1 aromatic carbocycles. The summed E-state index contributed by atoms with van der Waals surface area (Å²) in [6.45, 7) is 1.94. The number of nitrogens with one attached hydrogen (secondary N) is 1. The largest absolute Gasteiger partial charge is 0.484 e. The second kappa shape index (κ2) is 8.87. The summed E-state index contributed by atoms with van der Waals surface area (Å²) in [6, 6.07) is 5.47. The Bertz CT molecular complexity index is 1020. The molecule has 1 aliphatic heterocycles. The van der Waals surface area contributed by atoms with Crippen LogP contribution < -0.4 is 10.1 Å². The minimum Gasteiger partial charge on any atom is -0.484 e. The molecule has 0 aliphatic carbocycles. The highest BCUT2D eigenvalue weighted by Gasteiger charge is 2.36. The van der Waals surface area contributed by atoms with Crippen LogP contribution in [-0.2, 0) is 14.8 Å². The van der Waals surface area contributed by atoms with Crippen LogP contribution in [0.3, 0.4) is 0 Å². The van der Waals surface area contributed by atoms with Gasteiger partial charge < -0.3 is 14.6 Å². The van der Waals surface area contributed by atoms with Crippen molar-refractivity contribution in [1.82, 2.24) is 9.46 Å². The van der Waals surface area contributed by atoms with E-state index in [1.165, 1.54) is 35.5 Å². The van der Waals surface area contributed by atoms with Gasteiger partial charge in [-0.2, -0.15) is 17.5 Å². The van der Waals surface area contributed by atoms with Crippen LogP contribution in [0.1, 0.15) is 24.3 Å². The Kier molecular flexibility index (Phi) is 6.60. The first-order valence-corrected chi connectivity index (χ1v) is 10.9. The van der Waals surface area contributed by atoms with Crippen molar-refractivity contribution in [2.24, 2.45) is 5.92 Å². The Hall–Kier alpha value is -2.60. The van der Waals surface area contributed by atoms with E-state index in [0.717, 1.165) is 0 Å². The number of nitrogens with zero attached hydrogens (tertiary/aromatic N) is 2. The highest BCUT2D eigenvalue weighted by Crippen LogP contribution is 2.28. The van der Waals surface area contributed by atoms with Gasteiger partial charge >= 0.3 is 6.18 Å². The first kappa shape index (κ1) is 23.1. The van der Waals surface area contributed by atoms with Crippen LogP contribution in [0.2, 0.25) is 0 Å². The second-order valence-electron chi connectivity index (χ2n) is 7.27. The lowest BCUT2D eigenvalue weighted by molar-refractivity contribution is -0.153. The summed E-state index contributed by atoms with van der Waals surface area (Å²) in [7, 11) is -3.85. The molecule has 1 amide bonds.